The summed E-state index contributed by atoms with van der Waals surface area (Å²) in [5.74, 6) is -0.163. The van der Waals surface area contributed by atoms with E-state index in [1.165, 1.54) is 17.9 Å². The van der Waals surface area contributed by atoms with Gasteiger partial charge in [0.05, 0.1) is 12.7 Å². The lowest BCUT2D eigenvalue weighted by Gasteiger charge is -2.14. The Kier molecular flexibility index (Phi) is 4.35. The van der Waals surface area contributed by atoms with E-state index in [2.05, 4.69) is 15.0 Å². The van der Waals surface area contributed by atoms with Crippen molar-refractivity contribution < 1.29 is 14.7 Å². The molecule has 0 aromatic carbocycles. The second kappa shape index (κ2) is 6.02. The molecule has 2 N–H and O–H groups in total. The lowest BCUT2D eigenvalue weighted by atomic mass is 10.0. The third-order valence-electron chi connectivity index (χ3n) is 3.28. The maximum atomic E-state index is 11.8. The number of oxime groups is 1. The fraction of sp³-hybridized carbons (Fsp3) is 0.583. The molecule has 0 radical (unpaired) electrons. The number of aromatic amines is 1. The maximum Gasteiger partial charge on any atom is 0.330 e. The van der Waals surface area contributed by atoms with Gasteiger partial charge in [0.25, 0.3) is 5.56 Å². The first kappa shape index (κ1) is 14.5. The number of aliphatic hydroxyl groups is 1. The first-order valence-corrected chi connectivity index (χ1v) is 6.21. The molecule has 8 nitrogen and oxygen atoms in total. The Hall–Kier alpha value is -1.93. The molecule has 0 aliphatic carbocycles. The number of hydrogen-bond donors (Lipinski definition) is 2. The standard InChI is InChI=1S/C12H17N3O5/c1-7-5-15(12(18)14-11(7)17)10-3-8(4-13-19-2)9(6-16)20-10/h4-5,8-10,16H,3,6H2,1-2H3,(H,14,17,18)/t8-,9-,10-/m1/s1. The molecular formula is C12H17N3O5. The van der Waals surface area contributed by atoms with Gasteiger partial charge in [0.1, 0.15) is 13.3 Å². The number of hydrogen-bond acceptors (Lipinski definition) is 6. The Bertz CT molecular complexity index is 606. The third-order valence-corrected chi connectivity index (χ3v) is 3.28. The van der Waals surface area contributed by atoms with Crippen molar-refractivity contribution in [1.82, 2.24) is 9.55 Å². The Morgan fingerprint density at radius 2 is 2.40 bits per heavy atom. The van der Waals surface area contributed by atoms with Crippen molar-refractivity contribution in [3.63, 3.8) is 0 Å². The summed E-state index contributed by atoms with van der Waals surface area (Å²) < 4.78 is 6.95. The van der Waals surface area contributed by atoms with Gasteiger partial charge < -0.3 is 14.7 Å². The quantitative estimate of drug-likeness (QED) is 0.565. The Morgan fingerprint density at radius 1 is 1.65 bits per heavy atom. The third kappa shape index (κ3) is 2.81. The average molecular weight is 283 g/mol. The van der Waals surface area contributed by atoms with Gasteiger partial charge in [-0.3, -0.25) is 14.3 Å². The molecule has 2 heterocycles. The van der Waals surface area contributed by atoms with Crippen LogP contribution >= 0.6 is 0 Å². The zero-order valence-electron chi connectivity index (χ0n) is 11.3. The van der Waals surface area contributed by atoms with E-state index < -0.39 is 23.6 Å². The average Bonchev–Trinajstić information content (AvgIpc) is 2.83. The zero-order chi connectivity index (χ0) is 14.7. The summed E-state index contributed by atoms with van der Waals surface area (Å²) in [7, 11) is 1.42. The molecule has 1 aliphatic rings. The summed E-state index contributed by atoms with van der Waals surface area (Å²) in [6, 6.07) is 0. The van der Waals surface area contributed by atoms with Crippen LogP contribution in [0.25, 0.3) is 0 Å². The van der Waals surface area contributed by atoms with Gasteiger partial charge in [0, 0.05) is 30.3 Å². The van der Waals surface area contributed by atoms with Crippen LogP contribution in [0.4, 0.5) is 0 Å². The minimum absolute atomic E-state index is 0.163. The molecule has 0 saturated carbocycles. The minimum Gasteiger partial charge on any atom is -0.399 e. The number of nitrogens with one attached hydrogen (secondary N) is 1. The predicted octanol–water partition coefficient (Wildman–Crippen LogP) is -0.627. The highest BCUT2D eigenvalue weighted by atomic mass is 16.6. The van der Waals surface area contributed by atoms with E-state index in [-0.39, 0.29) is 12.5 Å². The number of aryl methyl sites for hydroxylation is 1. The number of aliphatic hydroxyl groups excluding tert-OH is 1. The Morgan fingerprint density at radius 3 is 3.05 bits per heavy atom. The van der Waals surface area contributed by atoms with Gasteiger partial charge >= 0.3 is 5.69 Å². The Balaban J connectivity index is 2.27. The van der Waals surface area contributed by atoms with Gasteiger partial charge in [-0.05, 0) is 6.92 Å². The van der Waals surface area contributed by atoms with Crippen molar-refractivity contribution in [3.8, 4) is 0 Å². The fourth-order valence-electron chi connectivity index (χ4n) is 2.20. The van der Waals surface area contributed by atoms with Gasteiger partial charge in [-0.2, -0.15) is 0 Å². The van der Waals surface area contributed by atoms with E-state index in [9.17, 15) is 14.7 Å². The summed E-state index contributed by atoms with van der Waals surface area (Å²) in [6.07, 6.45) is 2.45. The topological polar surface area (TPSA) is 106 Å². The molecule has 1 saturated heterocycles. The second-order valence-electron chi connectivity index (χ2n) is 4.63. The SMILES string of the molecule is CON=C[C@H]1C[C@H](n2cc(C)c(=O)[nH]c2=O)O[C@@H]1CO. The molecule has 2 rings (SSSR count). The van der Waals surface area contributed by atoms with Crippen molar-refractivity contribution in [2.24, 2.45) is 11.1 Å². The van der Waals surface area contributed by atoms with Gasteiger partial charge in [0.2, 0.25) is 0 Å². The van der Waals surface area contributed by atoms with E-state index in [0.29, 0.717) is 12.0 Å². The molecule has 1 aromatic rings. The van der Waals surface area contributed by atoms with Crippen LogP contribution in [0.2, 0.25) is 0 Å². The second-order valence-corrected chi connectivity index (χ2v) is 4.63. The van der Waals surface area contributed by atoms with E-state index in [1.54, 1.807) is 13.1 Å². The van der Waals surface area contributed by atoms with Crippen LogP contribution in [0.1, 0.15) is 18.2 Å². The minimum atomic E-state index is -0.552. The van der Waals surface area contributed by atoms with Crippen LogP contribution in [0.5, 0.6) is 0 Å². The lowest BCUT2D eigenvalue weighted by molar-refractivity contribution is -0.0283. The highest BCUT2D eigenvalue weighted by molar-refractivity contribution is 5.61. The molecule has 1 aliphatic heterocycles. The molecule has 3 atom stereocenters. The molecule has 20 heavy (non-hydrogen) atoms. The smallest absolute Gasteiger partial charge is 0.330 e. The summed E-state index contributed by atoms with van der Waals surface area (Å²) >= 11 is 0. The number of ether oxygens (including phenoxy) is 1. The fourth-order valence-corrected chi connectivity index (χ4v) is 2.20. The van der Waals surface area contributed by atoms with Gasteiger partial charge in [-0.25, -0.2) is 4.79 Å². The summed E-state index contributed by atoms with van der Waals surface area (Å²) in [5, 5.41) is 13.0. The van der Waals surface area contributed by atoms with Crippen molar-refractivity contribution in [2.45, 2.75) is 25.7 Å². The van der Waals surface area contributed by atoms with Crippen molar-refractivity contribution in [3.05, 3.63) is 32.6 Å². The van der Waals surface area contributed by atoms with E-state index in [1.807, 2.05) is 0 Å². The Labute approximate surface area is 114 Å². The summed E-state index contributed by atoms with van der Waals surface area (Å²) in [4.78, 5) is 30.0. The van der Waals surface area contributed by atoms with Crippen molar-refractivity contribution in [2.75, 3.05) is 13.7 Å². The van der Waals surface area contributed by atoms with Crippen molar-refractivity contribution >= 4 is 6.21 Å². The molecule has 0 unspecified atom stereocenters. The largest absolute Gasteiger partial charge is 0.399 e. The first-order valence-electron chi connectivity index (χ1n) is 6.21. The highest BCUT2D eigenvalue weighted by Crippen LogP contribution is 2.31. The molecular weight excluding hydrogens is 266 g/mol. The number of rotatable bonds is 4. The number of nitrogens with zero attached hydrogens (tertiary/aromatic N) is 2. The molecule has 0 spiro atoms. The van der Waals surface area contributed by atoms with Crippen LogP contribution in [0.15, 0.2) is 20.9 Å². The maximum absolute atomic E-state index is 11.8. The number of H-pyrrole nitrogens is 1. The normalized spacial score (nSPS) is 26.2. The van der Waals surface area contributed by atoms with Crippen LogP contribution in [0, 0.1) is 12.8 Å². The van der Waals surface area contributed by atoms with Gasteiger partial charge in [-0.15, -0.1) is 0 Å². The van der Waals surface area contributed by atoms with E-state index >= 15 is 0 Å². The van der Waals surface area contributed by atoms with Gasteiger partial charge in [0.15, 0.2) is 0 Å². The van der Waals surface area contributed by atoms with Crippen LogP contribution in [-0.4, -0.2) is 40.7 Å². The molecule has 0 bridgehead atoms. The highest BCUT2D eigenvalue weighted by Gasteiger charge is 2.35. The summed E-state index contributed by atoms with van der Waals surface area (Å²) in [6.45, 7) is 1.42. The van der Waals surface area contributed by atoms with E-state index in [4.69, 9.17) is 4.74 Å². The van der Waals surface area contributed by atoms with Crippen LogP contribution < -0.4 is 11.2 Å². The molecule has 8 heteroatoms. The molecule has 1 fully saturated rings. The predicted molar refractivity (Wildman–Crippen MR) is 70.7 cm³/mol. The van der Waals surface area contributed by atoms with Gasteiger partial charge in [-0.1, -0.05) is 5.16 Å². The van der Waals surface area contributed by atoms with Crippen LogP contribution in [-0.2, 0) is 9.57 Å². The number of aromatic nitrogens is 2. The molecule has 0 amide bonds. The van der Waals surface area contributed by atoms with Crippen LogP contribution in [0.3, 0.4) is 0 Å². The van der Waals surface area contributed by atoms with E-state index in [0.717, 1.165) is 0 Å². The zero-order valence-corrected chi connectivity index (χ0v) is 11.3. The lowest BCUT2D eigenvalue weighted by Crippen LogP contribution is -2.33. The van der Waals surface area contributed by atoms with Crippen molar-refractivity contribution in [1.29, 1.82) is 0 Å². The monoisotopic (exact) mass is 283 g/mol. The molecule has 110 valence electrons. The first-order chi connectivity index (χ1) is 9.56. The molecule has 1 aromatic heterocycles. The summed E-state index contributed by atoms with van der Waals surface area (Å²) in [5.41, 5.74) is -0.533.